The van der Waals surface area contributed by atoms with Crippen molar-refractivity contribution in [2.75, 3.05) is 20.1 Å². The van der Waals surface area contributed by atoms with Crippen LogP contribution in [0.2, 0.25) is 0 Å². The maximum absolute atomic E-state index is 2.42. The van der Waals surface area contributed by atoms with Crippen molar-refractivity contribution in [1.82, 2.24) is 4.90 Å². The molecule has 1 fully saturated rings. The lowest BCUT2D eigenvalue weighted by Gasteiger charge is -2.17. The third-order valence-electron chi connectivity index (χ3n) is 3.41. The van der Waals surface area contributed by atoms with E-state index in [-0.39, 0.29) is 0 Å². The normalized spacial score (nSPS) is 36.3. The molecule has 0 saturated heterocycles. The second-order valence-corrected chi connectivity index (χ2v) is 4.41. The summed E-state index contributed by atoms with van der Waals surface area (Å²) >= 11 is 0. The van der Waals surface area contributed by atoms with Gasteiger partial charge in [-0.3, -0.25) is 0 Å². The van der Waals surface area contributed by atoms with E-state index in [0.29, 0.717) is 5.41 Å². The standard InChI is InChI=1S/C10H21N/c1-5-11(4)7-6-10(3)8-9(10)2/h9H,5-8H2,1-4H3. The van der Waals surface area contributed by atoms with Crippen molar-refractivity contribution in [2.45, 2.75) is 33.6 Å². The van der Waals surface area contributed by atoms with E-state index in [4.69, 9.17) is 0 Å². The predicted molar refractivity (Wildman–Crippen MR) is 49.7 cm³/mol. The van der Waals surface area contributed by atoms with Gasteiger partial charge in [-0.25, -0.2) is 0 Å². The molecule has 0 bridgehead atoms. The molecule has 0 aliphatic heterocycles. The highest BCUT2D eigenvalue weighted by atomic mass is 15.1. The Bertz CT molecular complexity index is 133. The fourth-order valence-corrected chi connectivity index (χ4v) is 1.59. The van der Waals surface area contributed by atoms with Gasteiger partial charge in [-0.05, 0) is 44.3 Å². The van der Waals surface area contributed by atoms with Crippen molar-refractivity contribution < 1.29 is 0 Å². The van der Waals surface area contributed by atoms with Crippen LogP contribution < -0.4 is 0 Å². The zero-order valence-corrected chi connectivity index (χ0v) is 8.35. The summed E-state index contributed by atoms with van der Waals surface area (Å²) in [6, 6.07) is 0. The Kier molecular flexibility index (Phi) is 2.58. The molecular formula is C10H21N. The molecule has 1 aliphatic rings. The summed E-state index contributed by atoms with van der Waals surface area (Å²) in [6.07, 6.45) is 2.84. The molecule has 0 amide bonds. The smallest absolute Gasteiger partial charge is 0.00166 e. The first-order valence-corrected chi connectivity index (χ1v) is 4.77. The summed E-state index contributed by atoms with van der Waals surface area (Å²) in [5.74, 6) is 0.979. The Morgan fingerprint density at radius 2 is 2.09 bits per heavy atom. The molecule has 1 saturated carbocycles. The van der Waals surface area contributed by atoms with Gasteiger partial charge in [-0.15, -0.1) is 0 Å². The number of nitrogens with zero attached hydrogens (tertiary/aromatic N) is 1. The summed E-state index contributed by atoms with van der Waals surface area (Å²) in [6.45, 7) is 9.47. The minimum Gasteiger partial charge on any atom is -0.307 e. The SMILES string of the molecule is CCN(C)CCC1(C)CC1C. The Labute approximate surface area is 70.8 Å². The lowest BCUT2D eigenvalue weighted by molar-refractivity contribution is 0.305. The first kappa shape index (κ1) is 9.05. The van der Waals surface area contributed by atoms with Crippen LogP contribution in [0.4, 0.5) is 0 Å². The largest absolute Gasteiger partial charge is 0.307 e. The minimum atomic E-state index is 0.698. The van der Waals surface area contributed by atoms with Gasteiger partial charge in [0.15, 0.2) is 0 Å². The van der Waals surface area contributed by atoms with Crippen LogP contribution in [0.25, 0.3) is 0 Å². The van der Waals surface area contributed by atoms with Gasteiger partial charge in [0.1, 0.15) is 0 Å². The van der Waals surface area contributed by atoms with Gasteiger partial charge in [-0.2, -0.15) is 0 Å². The predicted octanol–water partition coefficient (Wildman–Crippen LogP) is 2.37. The van der Waals surface area contributed by atoms with E-state index in [1.54, 1.807) is 0 Å². The maximum Gasteiger partial charge on any atom is -0.00166 e. The molecule has 0 radical (unpaired) electrons. The summed E-state index contributed by atoms with van der Waals surface area (Å²) < 4.78 is 0. The van der Waals surface area contributed by atoms with E-state index >= 15 is 0 Å². The van der Waals surface area contributed by atoms with Crippen LogP contribution in [0.15, 0.2) is 0 Å². The van der Waals surface area contributed by atoms with Gasteiger partial charge >= 0.3 is 0 Å². The van der Waals surface area contributed by atoms with Crippen LogP contribution in [0.3, 0.4) is 0 Å². The number of hydrogen-bond acceptors (Lipinski definition) is 1. The molecular weight excluding hydrogens is 134 g/mol. The highest BCUT2D eigenvalue weighted by Crippen LogP contribution is 2.54. The van der Waals surface area contributed by atoms with Crippen LogP contribution in [-0.2, 0) is 0 Å². The van der Waals surface area contributed by atoms with Crippen molar-refractivity contribution in [3.05, 3.63) is 0 Å². The van der Waals surface area contributed by atoms with E-state index in [1.807, 2.05) is 0 Å². The molecule has 66 valence electrons. The summed E-state index contributed by atoms with van der Waals surface area (Å²) in [7, 11) is 2.20. The van der Waals surface area contributed by atoms with Crippen LogP contribution in [0.5, 0.6) is 0 Å². The van der Waals surface area contributed by atoms with E-state index in [0.717, 1.165) is 5.92 Å². The lowest BCUT2D eigenvalue weighted by atomic mass is 10.0. The molecule has 1 nitrogen and oxygen atoms in total. The molecule has 0 N–H and O–H groups in total. The van der Waals surface area contributed by atoms with Gasteiger partial charge < -0.3 is 4.90 Å². The Morgan fingerprint density at radius 1 is 1.55 bits per heavy atom. The van der Waals surface area contributed by atoms with Crippen molar-refractivity contribution in [3.8, 4) is 0 Å². The molecule has 0 aromatic rings. The Morgan fingerprint density at radius 3 is 2.45 bits per heavy atom. The molecule has 0 aromatic heterocycles. The molecule has 11 heavy (non-hydrogen) atoms. The summed E-state index contributed by atoms with van der Waals surface area (Å²) in [4.78, 5) is 2.40. The van der Waals surface area contributed by atoms with Crippen LogP contribution in [-0.4, -0.2) is 25.0 Å². The van der Waals surface area contributed by atoms with Crippen LogP contribution in [0, 0.1) is 11.3 Å². The quantitative estimate of drug-likeness (QED) is 0.602. The molecule has 1 rings (SSSR count). The van der Waals surface area contributed by atoms with E-state index in [2.05, 4.69) is 32.7 Å². The molecule has 0 heterocycles. The second-order valence-electron chi connectivity index (χ2n) is 4.41. The monoisotopic (exact) mass is 155 g/mol. The van der Waals surface area contributed by atoms with Gasteiger partial charge in [0.05, 0.1) is 0 Å². The average molecular weight is 155 g/mol. The second kappa shape index (κ2) is 3.14. The maximum atomic E-state index is 2.42. The van der Waals surface area contributed by atoms with Crippen molar-refractivity contribution in [3.63, 3.8) is 0 Å². The molecule has 2 atom stereocenters. The van der Waals surface area contributed by atoms with Crippen molar-refractivity contribution in [2.24, 2.45) is 11.3 Å². The Balaban J connectivity index is 2.13. The third kappa shape index (κ3) is 2.19. The van der Waals surface area contributed by atoms with E-state index in [1.165, 1.54) is 25.9 Å². The summed E-state index contributed by atoms with van der Waals surface area (Å²) in [5, 5.41) is 0. The van der Waals surface area contributed by atoms with Gasteiger partial charge in [0.25, 0.3) is 0 Å². The molecule has 1 aliphatic carbocycles. The highest BCUT2D eigenvalue weighted by molar-refractivity contribution is 4.95. The topological polar surface area (TPSA) is 3.24 Å². The number of hydrogen-bond donors (Lipinski definition) is 0. The molecule has 0 spiro atoms. The van der Waals surface area contributed by atoms with Gasteiger partial charge in [0.2, 0.25) is 0 Å². The summed E-state index contributed by atoms with van der Waals surface area (Å²) in [5.41, 5.74) is 0.698. The van der Waals surface area contributed by atoms with Gasteiger partial charge in [0, 0.05) is 0 Å². The zero-order chi connectivity index (χ0) is 8.48. The molecule has 1 heteroatoms. The Hall–Kier alpha value is -0.0400. The fraction of sp³-hybridized carbons (Fsp3) is 1.00. The first-order valence-electron chi connectivity index (χ1n) is 4.77. The van der Waals surface area contributed by atoms with Crippen molar-refractivity contribution in [1.29, 1.82) is 0 Å². The molecule has 2 unspecified atom stereocenters. The zero-order valence-electron chi connectivity index (χ0n) is 8.35. The fourth-order valence-electron chi connectivity index (χ4n) is 1.59. The molecule has 0 aromatic carbocycles. The lowest BCUT2D eigenvalue weighted by Crippen LogP contribution is -2.21. The first-order chi connectivity index (χ1) is 5.08. The number of rotatable bonds is 4. The van der Waals surface area contributed by atoms with E-state index < -0.39 is 0 Å². The minimum absolute atomic E-state index is 0.698. The van der Waals surface area contributed by atoms with Gasteiger partial charge in [-0.1, -0.05) is 20.8 Å². The van der Waals surface area contributed by atoms with Crippen molar-refractivity contribution >= 4 is 0 Å². The highest BCUT2D eigenvalue weighted by Gasteiger charge is 2.45. The third-order valence-corrected chi connectivity index (χ3v) is 3.41. The average Bonchev–Trinajstić information content (AvgIpc) is 2.56. The van der Waals surface area contributed by atoms with Crippen LogP contribution in [0.1, 0.15) is 33.6 Å². The van der Waals surface area contributed by atoms with Crippen LogP contribution >= 0.6 is 0 Å². The van der Waals surface area contributed by atoms with E-state index in [9.17, 15) is 0 Å².